The molecule has 5 heteroatoms. The minimum atomic E-state index is -0.538. The quantitative estimate of drug-likeness (QED) is 0.727. The van der Waals surface area contributed by atoms with E-state index in [9.17, 15) is 9.59 Å². The number of ether oxygens (including phenoxy) is 1. The standard InChI is InChI=1S/C20H20N2O3/c1-2-16-9-11-17(12-10-16)20(24)25-15-19(23)22(14-6-13-21)18-7-4-3-5-8-18/h3-5,7-12H,2,6,14-15H2,1H3. The van der Waals surface area contributed by atoms with Crippen molar-refractivity contribution in [3.05, 3.63) is 65.7 Å². The molecule has 5 nitrogen and oxygen atoms in total. The molecule has 0 atom stereocenters. The molecule has 0 unspecified atom stereocenters. The zero-order valence-electron chi connectivity index (χ0n) is 14.1. The fourth-order valence-electron chi connectivity index (χ4n) is 2.33. The van der Waals surface area contributed by atoms with Crippen molar-refractivity contribution in [1.29, 1.82) is 5.26 Å². The van der Waals surface area contributed by atoms with Crippen molar-refractivity contribution in [2.24, 2.45) is 0 Å². The van der Waals surface area contributed by atoms with Crippen molar-refractivity contribution in [1.82, 2.24) is 0 Å². The van der Waals surface area contributed by atoms with Gasteiger partial charge < -0.3 is 9.64 Å². The van der Waals surface area contributed by atoms with Gasteiger partial charge in [-0.25, -0.2) is 4.79 Å². The summed E-state index contributed by atoms with van der Waals surface area (Å²) in [6.07, 6.45) is 1.09. The van der Waals surface area contributed by atoms with Crippen LogP contribution in [0.1, 0.15) is 29.3 Å². The Morgan fingerprint density at radius 2 is 1.76 bits per heavy atom. The maximum absolute atomic E-state index is 12.4. The number of para-hydroxylation sites is 1. The average molecular weight is 336 g/mol. The van der Waals surface area contributed by atoms with E-state index in [4.69, 9.17) is 10.00 Å². The lowest BCUT2D eigenvalue weighted by molar-refractivity contribution is -0.121. The summed E-state index contributed by atoms with van der Waals surface area (Å²) < 4.78 is 5.13. The highest BCUT2D eigenvalue weighted by Gasteiger charge is 2.18. The van der Waals surface area contributed by atoms with Crippen LogP contribution in [0, 0.1) is 11.3 Å². The number of nitrogens with zero attached hydrogens (tertiary/aromatic N) is 2. The molecule has 0 fully saturated rings. The number of carbonyl (C=O) groups excluding carboxylic acids is 2. The summed E-state index contributed by atoms with van der Waals surface area (Å²) in [5, 5.41) is 8.78. The van der Waals surface area contributed by atoms with E-state index in [2.05, 4.69) is 0 Å². The Morgan fingerprint density at radius 3 is 2.36 bits per heavy atom. The van der Waals surface area contributed by atoms with Gasteiger partial charge >= 0.3 is 5.97 Å². The Balaban J connectivity index is 2.00. The Kier molecular flexibility index (Phi) is 6.73. The van der Waals surface area contributed by atoms with Gasteiger partial charge in [0.25, 0.3) is 5.91 Å². The van der Waals surface area contributed by atoms with E-state index < -0.39 is 5.97 Å². The van der Waals surface area contributed by atoms with Gasteiger partial charge in [-0.15, -0.1) is 0 Å². The second kappa shape index (κ2) is 9.24. The van der Waals surface area contributed by atoms with Gasteiger partial charge in [0.15, 0.2) is 6.61 Å². The fraction of sp³-hybridized carbons (Fsp3) is 0.250. The molecular weight excluding hydrogens is 316 g/mol. The van der Waals surface area contributed by atoms with E-state index in [0.717, 1.165) is 12.0 Å². The number of rotatable bonds is 7. The molecule has 0 aliphatic heterocycles. The zero-order valence-corrected chi connectivity index (χ0v) is 14.1. The summed E-state index contributed by atoms with van der Waals surface area (Å²) in [5.74, 6) is -0.899. The Bertz CT molecular complexity index is 749. The minimum Gasteiger partial charge on any atom is -0.452 e. The molecule has 0 saturated heterocycles. The van der Waals surface area contributed by atoms with Crippen molar-refractivity contribution < 1.29 is 14.3 Å². The molecule has 2 rings (SSSR count). The molecule has 2 aromatic rings. The van der Waals surface area contributed by atoms with Gasteiger partial charge in [-0.2, -0.15) is 5.26 Å². The van der Waals surface area contributed by atoms with Crippen LogP contribution >= 0.6 is 0 Å². The first-order chi connectivity index (χ1) is 12.2. The Morgan fingerprint density at radius 1 is 1.08 bits per heavy atom. The molecule has 0 aliphatic carbocycles. The summed E-state index contributed by atoms with van der Waals surface area (Å²) in [4.78, 5) is 26.0. The van der Waals surface area contributed by atoms with Crippen LogP contribution in [0.3, 0.4) is 0 Å². The maximum atomic E-state index is 12.4. The van der Waals surface area contributed by atoms with Crippen LogP contribution in [-0.4, -0.2) is 25.0 Å². The first-order valence-electron chi connectivity index (χ1n) is 8.14. The van der Waals surface area contributed by atoms with Gasteiger partial charge in [0.1, 0.15) is 0 Å². The number of hydrogen-bond donors (Lipinski definition) is 0. The normalized spacial score (nSPS) is 9.92. The first kappa shape index (κ1) is 18.2. The van der Waals surface area contributed by atoms with Crippen LogP contribution < -0.4 is 4.90 Å². The number of benzene rings is 2. The number of nitriles is 1. The number of anilines is 1. The van der Waals surface area contributed by atoms with Crippen molar-refractivity contribution in [2.75, 3.05) is 18.1 Å². The highest BCUT2D eigenvalue weighted by molar-refractivity contribution is 5.97. The zero-order chi connectivity index (χ0) is 18.1. The van der Waals surface area contributed by atoms with Crippen LogP contribution in [0.25, 0.3) is 0 Å². The lowest BCUT2D eigenvalue weighted by atomic mass is 10.1. The molecule has 0 heterocycles. The third-order valence-electron chi connectivity index (χ3n) is 3.74. The molecule has 1 amide bonds. The minimum absolute atomic E-state index is 0.201. The second-order valence-electron chi connectivity index (χ2n) is 5.42. The van der Waals surface area contributed by atoms with Crippen LogP contribution in [0.2, 0.25) is 0 Å². The Labute approximate surface area is 147 Å². The van der Waals surface area contributed by atoms with E-state index in [1.54, 1.807) is 24.3 Å². The predicted molar refractivity (Wildman–Crippen MR) is 95.1 cm³/mol. The SMILES string of the molecule is CCc1ccc(C(=O)OCC(=O)N(CCC#N)c2ccccc2)cc1. The molecule has 0 bridgehead atoms. The molecular formula is C20H20N2O3. The van der Waals surface area contributed by atoms with E-state index in [1.807, 2.05) is 43.3 Å². The van der Waals surface area contributed by atoms with Gasteiger partial charge in [-0.3, -0.25) is 4.79 Å². The number of carbonyl (C=O) groups is 2. The third kappa shape index (κ3) is 5.18. The molecule has 0 aliphatic rings. The molecule has 0 N–H and O–H groups in total. The highest BCUT2D eigenvalue weighted by atomic mass is 16.5. The topological polar surface area (TPSA) is 70.4 Å². The number of aryl methyl sites for hydroxylation is 1. The third-order valence-corrected chi connectivity index (χ3v) is 3.74. The molecule has 0 spiro atoms. The van der Waals surface area contributed by atoms with E-state index >= 15 is 0 Å². The predicted octanol–water partition coefficient (Wildman–Crippen LogP) is 3.35. The summed E-state index contributed by atoms with van der Waals surface area (Å²) >= 11 is 0. The summed E-state index contributed by atoms with van der Waals surface area (Å²) in [6.45, 7) is 1.92. The van der Waals surface area contributed by atoms with Gasteiger partial charge in [0.05, 0.1) is 18.1 Å². The van der Waals surface area contributed by atoms with Crippen LogP contribution in [0.15, 0.2) is 54.6 Å². The molecule has 25 heavy (non-hydrogen) atoms. The first-order valence-corrected chi connectivity index (χ1v) is 8.14. The van der Waals surface area contributed by atoms with Crippen molar-refractivity contribution in [3.8, 4) is 6.07 Å². The van der Waals surface area contributed by atoms with Gasteiger partial charge in [-0.05, 0) is 36.2 Å². The monoisotopic (exact) mass is 336 g/mol. The molecule has 0 aromatic heterocycles. The molecule has 2 aromatic carbocycles. The largest absolute Gasteiger partial charge is 0.452 e. The fourth-order valence-corrected chi connectivity index (χ4v) is 2.33. The smallest absolute Gasteiger partial charge is 0.338 e. The number of amides is 1. The van der Waals surface area contributed by atoms with Crippen LogP contribution in [0.5, 0.6) is 0 Å². The van der Waals surface area contributed by atoms with Gasteiger partial charge in [0.2, 0.25) is 0 Å². The summed E-state index contributed by atoms with van der Waals surface area (Å²) in [6, 6.07) is 18.1. The van der Waals surface area contributed by atoms with E-state index in [0.29, 0.717) is 11.3 Å². The van der Waals surface area contributed by atoms with E-state index in [-0.39, 0.29) is 25.5 Å². The highest BCUT2D eigenvalue weighted by Crippen LogP contribution is 2.14. The molecule has 0 radical (unpaired) electrons. The van der Waals surface area contributed by atoms with Crippen molar-refractivity contribution in [2.45, 2.75) is 19.8 Å². The van der Waals surface area contributed by atoms with Crippen molar-refractivity contribution >= 4 is 17.6 Å². The maximum Gasteiger partial charge on any atom is 0.338 e. The number of esters is 1. The summed E-state index contributed by atoms with van der Waals surface area (Å²) in [5.41, 5.74) is 2.21. The van der Waals surface area contributed by atoms with E-state index in [1.165, 1.54) is 4.90 Å². The molecule has 0 saturated carbocycles. The second-order valence-corrected chi connectivity index (χ2v) is 5.42. The lowest BCUT2D eigenvalue weighted by Gasteiger charge is -2.21. The lowest BCUT2D eigenvalue weighted by Crippen LogP contribution is -2.35. The summed E-state index contributed by atoms with van der Waals surface area (Å²) in [7, 11) is 0. The number of hydrogen-bond acceptors (Lipinski definition) is 4. The van der Waals surface area contributed by atoms with Crippen LogP contribution in [0.4, 0.5) is 5.69 Å². The van der Waals surface area contributed by atoms with Crippen LogP contribution in [-0.2, 0) is 16.0 Å². The average Bonchev–Trinajstić information content (AvgIpc) is 2.67. The van der Waals surface area contributed by atoms with Crippen molar-refractivity contribution in [3.63, 3.8) is 0 Å². The van der Waals surface area contributed by atoms with Gasteiger partial charge in [-0.1, -0.05) is 37.3 Å². The molecule has 128 valence electrons. The van der Waals surface area contributed by atoms with Gasteiger partial charge in [0, 0.05) is 12.2 Å². The Hall–Kier alpha value is -3.13.